The molecule has 0 radical (unpaired) electrons. The summed E-state index contributed by atoms with van der Waals surface area (Å²) in [6.07, 6.45) is 2.91. The minimum absolute atomic E-state index is 0.0918. The van der Waals surface area contributed by atoms with Crippen molar-refractivity contribution < 1.29 is 0 Å². The third-order valence-electron chi connectivity index (χ3n) is 4.17. The minimum Gasteiger partial charge on any atom is -0.362 e. The third-order valence-corrected chi connectivity index (χ3v) is 4.52. The van der Waals surface area contributed by atoms with Crippen LogP contribution in [0, 0.1) is 13.8 Å². The average molecular weight is 314 g/mol. The molecule has 2 atom stereocenters. The summed E-state index contributed by atoms with van der Waals surface area (Å²) in [6.45, 7) is 7.35. The number of H-pyrrole nitrogens is 1. The van der Waals surface area contributed by atoms with Crippen LogP contribution < -0.4 is 5.32 Å². The van der Waals surface area contributed by atoms with E-state index in [1.807, 2.05) is 18.3 Å². The van der Waals surface area contributed by atoms with Crippen LogP contribution in [0.3, 0.4) is 0 Å². The van der Waals surface area contributed by atoms with E-state index in [2.05, 4.69) is 53.1 Å². The van der Waals surface area contributed by atoms with Crippen molar-refractivity contribution >= 4 is 17.3 Å². The average Bonchev–Trinajstić information content (AvgIpc) is 3.00. The van der Waals surface area contributed by atoms with Crippen molar-refractivity contribution in [2.75, 3.05) is 6.54 Å². The summed E-state index contributed by atoms with van der Waals surface area (Å²) >= 11 is 5.59. The fourth-order valence-corrected chi connectivity index (χ4v) is 3.61. The SMILES string of the molecule is CCCN1C(=S)NC(c2ccccn2)C1c1cc(C)[nH]c1C. The summed E-state index contributed by atoms with van der Waals surface area (Å²) in [6, 6.07) is 8.55. The highest BCUT2D eigenvalue weighted by molar-refractivity contribution is 7.80. The van der Waals surface area contributed by atoms with Crippen molar-refractivity contribution in [1.82, 2.24) is 20.2 Å². The number of pyridine rings is 1. The van der Waals surface area contributed by atoms with Gasteiger partial charge in [-0.1, -0.05) is 13.0 Å². The Hall–Kier alpha value is -1.88. The van der Waals surface area contributed by atoms with Gasteiger partial charge in [0.15, 0.2) is 5.11 Å². The fourth-order valence-electron chi connectivity index (χ4n) is 3.28. The lowest BCUT2D eigenvalue weighted by molar-refractivity contribution is 0.317. The topological polar surface area (TPSA) is 44.0 Å². The Morgan fingerprint density at radius 1 is 1.32 bits per heavy atom. The molecule has 3 rings (SSSR count). The predicted molar refractivity (Wildman–Crippen MR) is 92.7 cm³/mol. The van der Waals surface area contributed by atoms with Crippen molar-refractivity contribution in [3.05, 3.63) is 53.1 Å². The summed E-state index contributed by atoms with van der Waals surface area (Å²) in [5.74, 6) is 0. The molecule has 0 saturated carbocycles. The second-order valence-electron chi connectivity index (χ2n) is 5.85. The molecule has 2 aromatic rings. The van der Waals surface area contributed by atoms with Gasteiger partial charge in [-0.3, -0.25) is 4.98 Å². The third kappa shape index (κ3) is 2.61. The van der Waals surface area contributed by atoms with Gasteiger partial charge in [0.1, 0.15) is 0 Å². The molecule has 0 aromatic carbocycles. The first-order valence-corrected chi connectivity index (χ1v) is 8.16. The minimum atomic E-state index is 0.0918. The van der Waals surface area contributed by atoms with Crippen LogP contribution in [0.15, 0.2) is 30.5 Å². The lowest BCUT2D eigenvalue weighted by Gasteiger charge is -2.27. The van der Waals surface area contributed by atoms with Crippen molar-refractivity contribution in [1.29, 1.82) is 0 Å². The Labute approximate surface area is 136 Å². The van der Waals surface area contributed by atoms with Gasteiger partial charge in [-0.25, -0.2) is 0 Å². The van der Waals surface area contributed by atoms with E-state index >= 15 is 0 Å². The van der Waals surface area contributed by atoms with Crippen molar-refractivity contribution in [2.24, 2.45) is 0 Å². The highest BCUT2D eigenvalue weighted by Crippen LogP contribution is 2.39. The second-order valence-corrected chi connectivity index (χ2v) is 6.24. The van der Waals surface area contributed by atoms with Crippen molar-refractivity contribution in [3.8, 4) is 0 Å². The van der Waals surface area contributed by atoms with Gasteiger partial charge < -0.3 is 15.2 Å². The first-order chi connectivity index (χ1) is 10.6. The molecule has 0 amide bonds. The maximum absolute atomic E-state index is 5.59. The van der Waals surface area contributed by atoms with E-state index in [9.17, 15) is 0 Å². The van der Waals surface area contributed by atoms with Crippen LogP contribution in [-0.4, -0.2) is 26.5 Å². The lowest BCUT2D eigenvalue weighted by Crippen LogP contribution is -2.30. The number of aromatic amines is 1. The summed E-state index contributed by atoms with van der Waals surface area (Å²) in [7, 11) is 0. The maximum atomic E-state index is 5.59. The number of hydrogen-bond donors (Lipinski definition) is 2. The predicted octanol–water partition coefficient (Wildman–Crippen LogP) is 3.41. The van der Waals surface area contributed by atoms with E-state index in [4.69, 9.17) is 12.2 Å². The number of aromatic nitrogens is 2. The quantitative estimate of drug-likeness (QED) is 0.849. The van der Waals surface area contributed by atoms with E-state index in [1.54, 1.807) is 0 Å². The number of aryl methyl sites for hydroxylation is 2. The molecule has 4 nitrogen and oxygen atoms in total. The molecule has 22 heavy (non-hydrogen) atoms. The molecule has 1 aliphatic heterocycles. The van der Waals surface area contributed by atoms with Crippen LogP contribution in [0.2, 0.25) is 0 Å². The highest BCUT2D eigenvalue weighted by Gasteiger charge is 2.40. The van der Waals surface area contributed by atoms with Crippen LogP contribution in [0.1, 0.15) is 48.1 Å². The zero-order valence-electron chi connectivity index (χ0n) is 13.3. The molecule has 116 valence electrons. The zero-order chi connectivity index (χ0) is 15.7. The van der Waals surface area contributed by atoms with E-state index < -0.39 is 0 Å². The zero-order valence-corrected chi connectivity index (χ0v) is 14.1. The Kier molecular flexibility index (Phi) is 4.16. The van der Waals surface area contributed by atoms with E-state index in [0.29, 0.717) is 0 Å². The van der Waals surface area contributed by atoms with Gasteiger partial charge in [-0.15, -0.1) is 0 Å². The molecular weight excluding hydrogens is 292 g/mol. The largest absolute Gasteiger partial charge is 0.362 e. The summed E-state index contributed by atoms with van der Waals surface area (Å²) in [5.41, 5.74) is 4.72. The molecule has 2 aromatic heterocycles. The number of rotatable bonds is 4. The molecule has 1 fully saturated rings. The molecule has 2 unspecified atom stereocenters. The number of nitrogens with one attached hydrogen (secondary N) is 2. The lowest BCUT2D eigenvalue weighted by atomic mass is 9.97. The molecule has 2 N–H and O–H groups in total. The summed E-state index contributed by atoms with van der Waals surface area (Å²) < 4.78 is 0. The molecule has 0 spiro atoms. The van der Waals surface area contributed by atoms with Crippen LogP contribution >= 0.6 is 12.2 Å². The first kappa shape index (κ1) is 15.0. The molecule has 5 heteroatoms. The fraction of sp³-hybridized carbons (Fsp3) is 0.412. The van der Waals surface area contributed by atoms with Crippen molar-refractivity contribution in [3.63, 3.8) is 0 Å². The van der Waals surface area contributed by atoms with Crippen LogP contribution in [0.4, 0.5) is 0 Å². The Morgan fingerprint density at radius 2 is 2.14 bits per heavy atom. The molecule has 1 aliphatic rings. The highest BCUT2D eigenvalue weighted by atomic mass is 32.1. The van der Waals surface area contributed by atoms with Gasteiger partial charge in [0.25, 0.3) is 0 Å². The smallest absolute Gasteiger partial charge is 0.170 e. The molecule has 0 bridgehead atoms. The standard InChI is InChI=1S/C17H22N4S/c1-4-9-21-16(13-10-11(2)19-12(13)3)15(20-17(21)22)14-7-5-6-8-18-14/h5-8,10,15-16,19H,4,9H2,1-3H3,(H,20,22). The van der Waals surface area contributed by atoms with Crippen LogP contribution in [0.5, 0.6) is 0 Å². The number of nitrogens with zero attached hydrogens (tertiary/aromatic N) is 2. The second kappa shape index (κ2) is 6.08. The Balaban J connectivity index is 2.05. The first-order valence-electron chi connectivity index (χ1n) is 7.76. The van der Waals surface area contributed by atoms with Gasteiger partial charge >= 0.3 is 0 Å². The van der Waals surface area contributed by atoms with Gasteiger partial charge in [-0.05, 0) is 56.2 Å². The monoisotopic (exact) mass is 314 g/mol. The normalized spacial score (nSPS) is 21.2. The molecule has 3 heterocycles. The molecule has 0 aliphatic carbocycles. The molecular formula is C17H22N4S. The molecule has 1 saturated heterocycles. The van der Waals surface area contributed by atoms with E-state index in [1.165, 1.54) is 17.0 Å². The summed E-state index contributed by atoms with van der Waals surface area (Å²) in [4.78, 5) is 10.3. The van der Waals surface area contributed by atoms with Gasteiger partial charge in [0.2, 0.25) is 0 Å². The summed E-state index contributed by atoms with van der Waals surface area (Å²) in [5, 5.41) is 4.29. The van der Waals surface area contributed by atoms with Crippen LogP contribution in [-0.2, 0) is 0 Å². The Bertz CT molecular complexity index is 665. The van der Waals surface area contributed by atoms with E-state index in [-0.39, 0.29) is 12.1 Å². The number of hydrogen-bond acceptors (Lipinski definition) is 2. The number of thiocarbonyl (C=S) groups is 1. The van der Waals surface area contributed by atoms with Gasteiger partial charge in [-0.2, -0.15) is 0 Å². The van der Waals surface area contributed by atoms with Crippen LogP contribution in [0.25, 0.3) is 0 Å². The van der Waals surface area contributed by atoms with E-state index in [0.717, 1.165) is 23.8 Å². The van der Waals surface area contributed by atoms with Gasteiger partial charge in [0.05, 0.1) is 17.8 Å². The van der Waals surface area contributed by atoms with Crippen molar-refractivity contribution in [2.45, 2.75) is 39.3 Å². The maximum Gasteiger partial charge on any atom is 0.170 e. The Morgan fingerprint density at radius 3 is 2.73 bits per heavy atom. The van der Waals surface area contributed by atoms with Gasteiger partial charge in [0, 0.05) is 24.1 Å².